The Morgan fingerprint density at radius 2 is 1.83 bits per heavy atom. The van der Waals surface area contributed by atoms with E-state index in [1.807, 2.05) is 13.0 Å². The van der Waals surface area contributed by atoms with Gasteiger partial charge in [0.25, 0.3) is 0 Å². The number of aliphatic hydroxyl groups is 1. The van der Waals surface area contributed by atoms with Crippen LogP contribution in [0.4, 0.5) is 0 Å². The first-order valence-electron chi connectivity index (χ1n) is 5.63. The number of halogens is 1. The van der Waals surface area contributed by atoms with E-state index >= 15 is 0 Å². The smallest absolute Gasteiger partial charge is 0.195 e. The van der Waals surface area contributed by atoms with Gasteiger partial charge in [0.15, 0.2) is 5.78 Å². The number of benzene rings is 2. The van der Waals surface area contributed by atoms with Crippen molar-refractivity contribution in [1.82, 2.24) is 0 Å². The molecule has 2 nitrogen and oxygen atoms in total. The van der Waals surface area contributed by atoms with Crippen LogP contribution in [-0.4, -0.2) is 10.9 Å². The minimum atomic E-state index is -1.15. The van der Waals surface area contributed by atoms with E-state index in [0.29, 0.717) is 16.1 Å². The molecule has 3 heteroatoms. The van der Waals surface area contributed by atoms with Crippen molar-refractivity contribution in [1.29, 1.82) is 0 Å². The Morgan fingerprint density at radius 3 is 2.44 bits per heavy atom. The Labute approximate surface area is 111 Å². The van der Waals surface area contributed by atoms with E-state index in [1.54, 1.807) is 42.5 Å². The van der Waals surface area contributed by atoms with Crippen LogP contribution in [0.1, 0.15) is 27.6 Å². The molecule has 0 heterocycles. The molecule has 0 spiro atoms. The SMILES string of the molecule is Cc1ccc(C(=O)C(O)c2ccccc2)cc1Cl. The molecule has 1 atom stereocenters. The summed E-state index contributed by atoms with van der Waals surface area (Å²) in [5.41, 5.74) is 1.91. The molecule has 0 fully saturated rings. The summed E-state index contributed by atoms with van der Waals surface area (Å²) in [5.74, 6) is -0.344. The summed E-state index contributed by atoms with van der Waals surface area (Å²) in [6.45, 7) is 1.87. The number of aryl methyl sites for hydroxylation is 1. The number of aliphatic hydroxyl groups excluding tert-OH is 1. The van der Waals surface area contributed by atoms with Gasteiger partial charge in [0.05, 0.1) is 0 Å². The molecule has 18 heavy (non-hydrogen) atoms. The Morgan fingerprint density at radius 1 is 1.17 bits per heavy atom. The van der Waals surface area contributed by atoms with E-state index in [4.69, 9.17) is 11.6 Å². The van der Waals surface area contributed by atoms with Crippen LogP contribution in [0.2, 0.25) is 5.02 Å². The fraction of sp³-hybridized carbons (Fsp3) is 0.133. The van der Waals surface area contributed by atoms with Crippen LogP contribution in [-0.2, 0) is 0 Å². The molecule has 0 aliphatic carbocycles. The third kappa shape index (κ3) is 2.61. The zero-order chi connectivity index (χ0) is 13.1. The Hall–Kier alpha value is -1.64. The van der Waals surface area contributed by atoms with Gasteiger partial charge in [-0.2, -0.15) is 0 Å². The average Bonchev–Trinajstić information content (AvgIpc) is 2.41. The fourth-order valence-electron chi connectivity index (χ4n) is 1.69. The van der Waals surface area contributed by atoms with Gasteiger partial charge in [0.2, 0.25) is 0 Å². The summed E-state index contributed by atoms with van der Waals surface area (Å²) in [7, 11) is 0. The number of carbonyl (C=O) groups excluding carboxylic acids is 1. The lowest BCUT2D eigenvalue weighted by Crippen LogP contribution is -2.12. The zero-order valence-electron chi connectivity index (χ0n) is 9.93. The Bertz CT molecular complexity index is 564. The van der Waals surface area contributed by atoms with Crippen LogP contribution in [0, 0.1) is 6.92 Å². The van der Waals surface area contributed by atoms with Crippen LogP contribution in [0.3, 0.4) is 0 Å². The maximum Gasteiger partial charge on any atom is 0.195 e. The minimum Gasteiger partial charge on any atom is -0.380 e. The number of rotatable bonds is 3. The first kappa shape index (κ1) is 12.8. The van der Waals surface area contributed by atoms with Crippen LogP contribution >= 0.6 is 11.6 Å². The van der Waals surface area contributed by atoms with E-state index in [-0.39, 0.29) is 5.78 Å². The summed E-state index contributed by atoms with van der Waals surface area (Å²) in [6, 6.07) is 13.9. The number of Topliss-reactive ketones (excluding diaryl/α,β-unsaturated/α-hetero) is 1. The topological polar surface area (TPSA) is 37.3 Å². The molecular weight excluding hydrogens is 248 g/mol. The van der Waals surface area contributed by atoms with Gasteiger partial charge in [-0.25, -0.2) is 0 Å². The summed E-state index contributed by atoms with van der Waals surface area (Å²) in [4.78, 5) is 12.1. The summed E-state index contributed by atoms with van der Waals surface area (Å²) in [6.07, 6.45) is -1.15. The predicted molar refractivity (Wildman–Crippen MR) is 71.9 cm³/mol. The van der Waals surface area contributed by atoms with Crippen molar-refractivity contribution >= 4 is 17.4 Å². The van der Waals surface area contributed by atoms with Gasteiger partial charge in [0.1, 0.15) is 6.10 Å². The molecule has 0 amide bonds. The van der Waals surface area contributed by atoms with Crippen molar-refractivity contribution in [2.75, 3.05) is 0 Å². The first-order chi connectivity index (χ1) is 8.59. The van der Waals surface area contributed by atoms with Gasteiger partial charge in [-0.3, -0.25) is 4.79 Å². The van der Waals surface area contributed by atoms with Gasteiger partial charge in [-0.15, -0.1) is 0 Å². The Balaban J connectivity index is 2.29. The Kier molecular flexibility index (Phi) is 3.80. The first-order valence-corrected chi connectivity index (χ1v) is 6.01. The molecule has 1 N–H and O–H groups in total. The largest absolute Gasteiger partial charge is 0.380 e. The monoisotopic (exact) mass is 260 g/mol. The zero-order valence-corrected chi connectivity index (χ0v) is 10.7. The van der Waals surface area contributed by atoms with E-state index in [1.165, 1.54) is 0 Å². The lowest BCUT2D eigenvalue weighted by atomic mass is 9.99. The minimum absolute atomic E-state index is 0.344. The maximum atomic E-state index is 12.1. The second kappa shape index (κ2) is 5.34. The van der Waals surface area contributed by atoms with Crippen molar-refractivity contribution in [3.63, 3.8) is 0 Å². The fourth-order valence-corrected chi connectivity index (χ4v) is 1.87. The van der Waals surface area contributed by atoms with Crippen molar-refractivity contribution in [3.05, 3.63) is 70.2 Å². The molecule has 0 aliphatic rings. The highest BCUT2D eigenvalue weighted by atomic mass is 35.5. The van der Waals surface area contributed by atoms with Crippen molar-refractivity contribution in [3.8, 4) is 0 Å². The molecule has 2 aromatic carbocycles. The summed E-state index contributed by atoms with van der Waals surface area (Å²) < 4.78 is 0. The molecule has 0 aromatic heterocycles. The number of hydrogen-bond acceptors (Lipinski definition) is 2. The molecular formula is C15H13ClO2. The number of ketones is 1. The van der Waals surface area contributed by atoms with E-state index in [9.17, 15) is 9.90 Å². The van der Waals surface area contributed by atoms with Crippen molar-refractivity contribution in [2.24, 2.45) is 0 Å². The number of carbonyl (C=O) groups is 1. The molecule has 0 radical (unpaired) electrons. The quantitative estimate of drug-likeness (QED) is 0.857. The third-order valence-corrected chi connectivity index (χ3v) is 3.23. The third-order valence-electron chi connectivity index (χ3n) is 2.82. The highest BCUT2D eigenvalue weighted by molar-refractivity contribution is 6.31. The van der Waals surface area contributed by atoms with Crippen LogP contribution in [0.25, 0.3) is 0 Å². The van der Waals surface area contributed by atoms with Gasteiger partial charge >= 0.3 is 0 Å². The van der Waals surface area contributed by atoms with Crippen LogP contribution < -0.4 is 0 Å². The standard InChI is InChI=1S/C15H13ClO2/c1-10-7-8-12(9-13(10)16)15(18)14(17)11-5-3-2-4-6-11/h2-9,14,17H,1H3. The molecule has 2 rings (SSSR count). The predicted octanol–water partition coefficient (Wildman–Crippen LogP) is 3.56. The lowest BCUT2D eigenvalue weighted by molar-refractivity contribution is 0.0747. The average molecular weight is 261 g/mol. The van der Waals surface area contributed by atoms with Gasteiger partial charge in [-0.05, 0) is 24.1 Å². The molecule has 1 unspecified atom stereocenters. The van der Waals surface area contributed by atoms with E-state index < -0.39 is 6.10 Å². The lowest BCUT2D eigenvalue weighted by Gasteiger charge is -2.10. The number of hydrogen-bond donors (Lipinski definition) is 1. The maximum absolute atomic E-state index is 12.1. The van der Waals surface area contributed by atoms with Crippen LogP contribution in [0.5, 0.6) is 0 Å². The van der Waals surface area contributed by atoms with Crippen LogP contribution in [0.15, 0.2) is 48.5 Å². The van der Waals surface area contributed by atoms with E-state index in [0.717, 1.165) is 5.56 Å². The molecule has 92 valence electrons. The second-order valence-corrected chi connectivity index (χ2v) is 4.55. The van der Waals surface area contributed by atoms with Gasteiger partial charge < -0.3 is 5.11 Å². The summed E-state index contributed by atoms with van der Waals surface area (Å²) >= 11 is 5.97. The highest BCUT2D eigenvalue weighted by Gasteiger charge is 2.19. The summed E-state index contributed by atoms with van der Waals surface area (Å²) in [5, 5.41) is 10.5. The molecule has 0 saturated carbocycles. The normalized spacial score (nSPS) is 12.2. The van der Waals surface area contributed by atoms with Gasteiger partial charge in [-0.1, -0.05) is 54.1 Å². The van der Waals surface area contributed by atoms with Crippen molar-refractivity contribution < 1.29 is 9.90 Å². The molecule has 2 aromatic rings. The second-order valence-electron chi connectivity index (χ2n) is 4.14. The molecule has 0 aliphatic heterocycles. The van der Waals surface area contributed by atoms with Gasteiger partial charge in [0, 0.05) is 10.6 Å². The molecule has 0 bridgehead atoms. The van der Waals surface area contributed by atoms with E-state index in [2.05, 4.69) is 0 Å². The molecule has 0 saturated heterocycles. The highest BCUT2D eigenvalue weighted by Crippen LogP contribution is 2.22. The van der Waals surface area contributed by atoms with Crippen molar-refractivity contribution in [2.45, 2.75) is 13.0 Å².